The fourth-order valence-corrected chi connectivity index (χ4v) is 3.48. The van der Waals surface area contributed by atoms with Crippen LogP contribution in [0.3, 0.4) is 0 Å². The molecule has 60 valence electrons. The number of allylic oxidation sites excluding steroid dienone is 1. The van der Waals surface area contributed by atoms with Gasteiger partial charge < -0.3 is 5.73 Å². The fraction of sp³-hybridized carbons (Fsp3) is 0.667. The van der Waals surface area contributed by atoms with Gasteiger partial charge in [0.25, 0.3) is 6.69 Å². The van der Waals surface area contributed by atoms with E-state index in [0.29, 0.717) is 6.54 Å². The molecule has 0 aliphatic heterocycles. The smallest absolute Gasteiger partial charge is 0.255 e. The molecule has 0 bridgehead atoms. The maximum Gasteiger partial charge on any atom is 0.255 e. The van der Waals surface area contributed by atoms with Gasteiger partial charge in [-0.05, 0) is 25.1 Å². The van der Waals surface area contributed by atoms with Crippen molar-refractivity contribution in [2.24, 2.45) is 5.73 Å². The van der Waals surface area contributed by atoms with Crippen molar-refractivity contribution in [2.75, 3.05) is 6.54 Å². The Morgan fingerprint density at radius 3 is 2.50 bits per heavy atom. The lowest BCUT2D eigenvalue weighted by molar-refractivity contribution is 0.920. The number of hydrogen-bond acceptors (Lipinski definition) is 1. The molecule has 0 saturated carbocycles. The Bertz CT molecular complexity index is 106. The van der Waals surface area contributed by atoms with Crippen LogP contribution >= 0.6 is 22.2 Å². The van der Waals surface area contributed by atoms with Crippen molar-refractivity contribution in [2.45, 2.75) is 18.5 Å². The second-order valence-corrected chi connectivity index (χ2v) is 9.78. The fourth-order valence-electron chi connectivity index (χ4n) is 0.674. The maximum absolute atomic E-state index is 5.99. The van der Waals surface area contributed by atoms with Crippen LogP contribution in [0.4, 0.5) is 0 Å². The molecule has 1 nitrogen and oxygen atoms in total. The molecule has 0 aliphatic carbocycles. The average Bonchev–Trinajstić information content (AvgIpc) is 1.84. The summed E-state index contributed by atoms with van der Waals surface area (Å²) < 4.78 is 0. The summed E-state index contributed by atoms with van der Waals surface area (Å²) in [5.74, 6) is 0. The largest absolute Gasteiger partial charge is 0.330 e. The van der Waals surface area contributed by atoms with Crippen LogP contribution in [0.15, 0.2) is 12.7 Å². The van der Waals surface area contributed by atoms with E-state index in [-0.39, 0.29) is 0 Å². The highest BCUT2D eigenvalue weighted by Crippen LogP contribution is 2.26. The number of rotatable bonds is 5. The molecular weight excluding hydrogens is 185 g/mol. The van der Waals surface area contributed by atoms with Crippen molar-refractivity contribution in [1.82, 2.24) is 0 Å². The molecule has 10 heavy (non-hydrogen) atoms. The Balaban J connectivity index is 3.51. The lowest BCUT2D eigenvalue weighted by Crippen LogP contribution is -2.18. The van der Waals surface area contributed by atoms with E-state index in [9.17, 15) is 0 Å². The third-order valence-electron chi connectivity index (χ3n) is 1.19. The summed E-state index contributed by atoms with van der Waals surface area (Å²) in [7, 11) is 0. The maximum atomic E-state index is 5.99. The molecule has 0 heterocycles. The quantitative estimate of drug-likeness (QED) is 0.410. The first-order valence-electron chi connectivity index (χ1n) is 3.31. The number of halogens is 2. The van der Waals surface area contributed by atoms with E-state index in [1.165, 1.54) is 0 Å². The van der Waals surface area contributed by atoms with Gasteiger partial charge in [-0.15, -0.1) is 28.7 Å². The first kappa shape index (κ1) is 10.5. The van der Waals surface area contributed by atoms with Crippen molar-refractivity contribution in [3.05, 3.63) is 12.7 Å². The number of hydrogen-bond donors (Lipinski definition) is 1. The molecule has 0 fully saturated rings. The second kappa shape index (κ2) is 5.19. The summed E-state index contributed by atoms with van der Waals surface area (Å²) in [6.07, 6.45) is 2.70. The standard InChI is InChI=1S/C6H13Cl2NSi/c1-2-5-10(7,8)6-3-4-9/h2H,1,3-6,9H2. The molecule has 4 heteroatoms. The topological polar surface area (TPSA) is 26.0 Å². The minimum absolute atomic E-state index is 0.672. The van der Waals surface area contributed by atoms with E-state index in [1.807, 2.05) is 0 Å². The van der Waals surface area contributed by atoms with Gasteiger partial charge >= 0.3 is 0 Å². The molecule has 0 spiro atoms. The Kier molecular flexibility index (Phi) is 5.45. The van der Waals surface area contributed by atoms with Crippen LogP contribution < -0.4 is 5.73 Å². The third kappa shape index (κ3) is 5.29. The molecule has 0 unspecified atom stereocenters. The first-order chi connectivity index (χ1) is 4.62. The van der Waals surface area contributed by atoms with E-state index in [2.05, 4.69) is 6.58 Å². The summed E-state index contributed by atoms with van der Waals surface area (Å²) in [5, 5.41) is 0. The highest BCUT2D eigenvalue weighted by Gasteiger charge is 2.25. The predicted molar refractivity (Wildman–Crippen MR) is 50.9 cm³/mol. The Hall–Kier alpha value is 0.497. The van der Waals surface area contributed by atoms with Crippen molar-refractivity contribution in [1.29, 1.82) is 0 Å². The summed E-state index contributed by atoms with van der Waals surface area (Å²) in [6, 6.07) is 1.63. The van der Waals surface area contributed by atoms with Crippen LogP contribution in [-0.2, 0) is 0 Å². The van der Waals surface area contributed by atoms with Gasteiger partial charge in [0.15, 0.2) is 0 Å². The number of nitrogens with two attached hydrogens (primary N) is 1. The minimum atomic E-state index is -1.98. The molecule has 0 atom stereocenters. The van der Waals surface area contributed by atoms with Gasteiger partial charge in [-0.2, -0.15) is 0 Å². The Morgan fingerprint density at radius 1 is 1.50 bits per heavy atom. The molecule has 0 aromatic heterocycles. The molecule has 0 rings (SSSR count). The molecule has 0 amide bonds. The van der Waals surface area contributed by atoms with E-state index in [1.54, 1.807) is 6.08 Å². The van der Waals surface area contributed by atoms with Gasteiger partial charge in [-0.1, -0.05) is 6.08 Å². The normalized spacial score (nSPS) is 11.5. The van der Waals surface area contributed by atoms with Crippen LogP contribution in [0.5, 0.6) is 0 Å². The highest BCUT2D eigenvalue weighted by molar-refractivity contribution is 7.45. The van der Waals surface area contributed by atoms with Crippen molar-refractivity contribution in [3.63, 3.8) is 0 Å². The van der Waals surface area contributed by atoms with Crippen molar-refractivity contribution in [3.8, 4) is 0 Å². The van der Waals surface area contributed by atoms with Gasteiger partial charge in [0.05, 0.1) is 0 Å². The molecule has 0 radical (unpaired) electrons. The molecule has 0 saturated heterocycles. The van der Waals surface area contributed by atoms with E-state index < -0.39 is 6.69 Å². The monoisotopic (exact) mass is 197 g/mol. The third-order valence-corrected chi connectivity index (χ3v) is 5.22. The second-order valence-electron chi connectivity index (χ2n) is 2.24. The van der Waals surface area contributed by atoms with Crippen LogP contribution in [0, 0.1) is 0 Å². The Morgan fingerprint density at radius 2 is 2.10 bits per heavy atom. The van der Waals surface area contributed by atoms with E-state index >= 15 is 0 Å². The van der Waals surface area contributed by atoms with Crippen molar-refractivity contribution < 1.29 is 0 Å². The van der Waals surface area contributed by atoms with Crippen LogP contribution in [0.2, 0.25) is 12.1 Å². The zero-order valence-electron chi connectivity index (χ0n) is 5.95. The SMILES string of the molecule is C=CC[Si](Cl)(Cl)CCCN. The van der Waals surface area contributed by atoms with Gasteiger partial charge in [-0.25, -0.2) is 0 Å². The van der Waals surface area contributed by atoms with Crippen LogP contribution in [0.25, 0.3) is 0 Å². The van der Waals surface area contributed by atoms with Crippen molar-refractivity contribution >= 4 is 28.9 Å². The lowest BCUT2D eigenvalue weighted by atomic mass is 10.5. The zero-order valence-corrected chi connectivity index (χ0v) is 8.46. The summed E-state index contributed by atoms with van der Waals surface area (Å²) in [4.78, 5) is 0. The molecule has 0 aromatic carbocycles. The lowest BCUT2D eigenvalue weighted by Gasteiger charge is -2.12. The average molecular weight is 198 g/mol. The summed E-state index contributed by atoms with van der Waals surface area (Å²) >= 11 is 12.0. The molecule has 2 N–H and O–H groups in total. The van der Waals surface area contributed by atoms with Crippen LogP contribution in [-0.4, -0.2) is 13.2 Å². The van der Waals surface area contributed by atoms with Gasteiger partial charge in [0.1, 0.15) is 0 Å². The zero-order chi connectivity index (χ0) is 8.04. The minimum Gasteiger partial charge on any atom is -0.330 e. The van der Waals surface area contributed by atoms with Gasteiger partial charge in [0.2, 0.25) is 0 Å². The van der Waals surface area contributed by atoms with Gasteiger partial charge in [-0.3, -0.25) is 0 Å². The molecule has 0 aromatic rings. The summed E-state index contributed by atoms with van der Waals surface area (Å²) in [5.41, 5.74) is 5.31. The first-order valence-corrected chi connectivity index (χ1v) is 7.75. The van der Waals surface area contributed by atoms with E-state index in [4.69, 9.17) is 27.9 Å². The molecule has 0 aliphatic rings. The highest BCUT2D eigenvalue weighted by atomic mass is 35.7. The van der Waals surface area contributed by atoms with E-state index in [0.717, 1.165) is 18.5 Å². The predicted octanol–water partition coefficient (Wildman–Crippen LogP) is 2.44. The van der Waals surface area contributed by atoms with Crippen LogP contribution in [0.1, 0.15) is 6.42 Å². The Labute approximate surface area is 72.6 Å². The van der Waals surface area contributed by atoms with Gasteiger partial charge in [0, 0.05) is 0 Å². The molecular formula is C6H13Cl2NSi. The summed E-state index contributed by atoms with van der Waals surface area (Å²) in [6.45, 7) is 2.28.